The zero-order valence-corrected chi connectivity index (χ0v) is 11.0. The van der Waals surface area contributed by atoms with Crippen LogP contribution in [-0.2, 0) is 4.79 Å². The van der Waals surface area contributed by atoms with Crippen LogP contribution in [0.3, 0.4) is 0 Å². The van der Waals surface area contributed by atoms with Crippen LogP contribution in [0.15, 0.2) is 0 Å². The number of likely N-dealkylation sites (tertiary alicyclic amines) is 1. The number of nitrogens with zero attached hydrogens (tertiary/aromatic N) is 1. The van der Waals surface area contributed by atoms with Gasteiger partial charge in [-0.05, 0) is 19.8 Å². The highest BCUT2D eigenvalue weighted by molar-refractivity contribution is 5.78. The number of hydrogen-bond donors (Lipinski definition) is 0. The molecule has 0 radical (unpaired) electrons. The monoisotopic (exact) mass is 225 g/mol. The van der Waals surface area contributed by atoms with Crippen molar-refractivity contribution in [3.8, 4) is 0 Å². The molecule has 94 valence electrons. The van der Waals surface area contributed by atoms with Crippen LogP contribution in [-0.4, -0.2) is 23.4 Å². The van der Waals surface area contributed by atoms with Gasteiger partial charge in [-0.25, -0.2) is 0 Å². The summed E-state index contributed by atoms with van der Waals surface area (Å²) in [5.74, 6) is 0.374. The molecule has 1 atom stereocenters. The molecule has 0 aliphatic carbocycles. The van der Waals surface area contributed by atoms with Gasteiger partial charge in [0.15, 0.2) is 0 Å². The van der Waals surface area contributed by atoms with Crippen molar-refractivity contribution in [1.29, 1.82) is 0 Å². The van der Waals surface area contributed by atoms with E-state index in [0.717, 1.165) is 19.4 Å². The van der Waals surface area contributed by atoms with Crippen LogP contribution in [0.1, 0.15) is 71.6 Å². The van der Waals surface area contributed by atoms with Gasteiger partial charge in [0.1, 0.15) is 0 Å². The van der Waals surface area contributed by atoms with Crippen LogP contribution in [0.25, 0.3) is 0 Å². The van der Waals surface area contributed by atoms with Gasteiger partial charge in [-0.2, -0.15) is 0 Å². The normalized spacial score (nSPS) is 20.8. The Labute approximate surface area is 100 Å². The molecular weight excluding hydrogens is 198 g/mol. The number of unbranched alkanes of at least 4 members (excludes halogenated alkanes) is 5. The SMILES string of the molecule is CCCCCCCCC1CCC(=O)N1CC. The zero-order chi connectivity index (χ0) is 11.8. The van der Waals surface area contributed by atoms with Gasteiger partial charge >= 0.3 is 0 Å². The fraction of sp³-hybridized carbons (Fsp3) is 0.929. The molecule has 16 heavy (non-hydrogen) atoms. The summed E-state index contributed by atoms with van der Waals surface area (Å²) in [5.41, 5.74) is 0. The predicted molar refractivity (Wildman–Crippen MR) is 68.4 cm³/mol. The molecule has 1 fully saturated rings. The second-order valence-electron chi connectivity index (χ2n) is 4.93. The first-order chi connectivity index (χ1) is 7.79. The van der Waals surface area contributed by atoms with Gasteiger partial charge in [0.2, 0.25) is 5.91 Å². The molecular formula is C14H27NO. The van der Waals surface area contributed by atoms with Crippen LogP contribution in [0.4, 0.5) is 0 Å². The average Bonchev–Trinajstić information content (AvgIpc) is 2.64. The van der Waals surface area contributed by atoms with E-state index in [1.165, 1.54) is 44.9 Å². The fourth-order valence-electron chi connectivity index (χ4n) is 2.69. The number of hydrogen-bond acceptors (Lipinski definition) is 1. The minimum Gasteiger partial charge on any atom is -0.340 e. The van der Waals surface area contributed by atoms with Gasteiger partial charge in [0, 0.05) is 19.0 Å². The summed E-state index contributed by atoms with van der Waals surface area (Å²) in [6, 6.07) is 0.559. The molecule has 2 nitrogen and oxygen atoms in total. The van der Waals surface area contributed by atoms with Crippen LogP contribution in [0.2, 0.25) is 0 Å². The molecule has 1 unspecified atom stereocenters. The highest BCUT2D eigenvalue weighted by Gasteiger charge is 2.28. The summed E-state index contributed by atoms with van der Waals surface area (Å²) in [5, 5.41) is 0. The standard InChI is InChI=1S/C14H27NO/c1-3-5-6-7-8-9-10-13-11-12-14(16)15(13)4-2/h13H,3-12H2,1-2H3. The van der Waals surface area contributed by atoms with Crippen molar-refractivity contribution in [3.63, 3.8) is 0 Å². The third-order valence-electron chi connectivity index (χ3n) is 3.68. The number of carbonyl (C=O) groups excluding carboxylic acids is 1. The first kappa shape index (κ1) is 13.5. The molecule has 1 aliphatic heterocycles. The quantitative estimate of drug-likeness (QED) is 0.576. The van der Waals surface area contributed by atoms with Gasteiger partial charge in [0.05, 0.1) is 0 Å². The minimum atomic E-state index is 0.374. The van der Waals surface area contributed by atoms with Gasteiger partial charge < -0.3 is 4.90 Å². The van der Waals surface area contributed by atoms with Gasteiger partial charge in [-0.1, -0.05) is 45.4 Å². The Balaban J connectivity index is 2.06. The smallest absolute Gasteiger partial charge is 0.222 e. The topological polar surface area (TPSA) is 20.3 Å². The molecule has 1 rings (SSSR count). The number of rotatable bonds is 8. The molecule has 0 aromatic carbocycles. The molecule has 0 bridgehead atoms. The Bertz CT molecular complexity index is 203. The van der Waals surface area contributed by atoms with E-state index in [0.29, 0.717) is 11.9 Å². The van der Waals surface area contributed by atoms with Crippen LogP contribution < -0.4 is 0 Å². The maximum atomic E-state index is 11.5. The Morgan fingerprint density at radius 1 is 1.12 bits per heavy atom. The number of carbonyl (C=O) groups is 1. The van der Waals surface area contributed by atoms with E-state index in [4.69, 9.17) is 0 Å². The summed E-state index contributed by atoms with van der Waals surface area (Å²) < 4.78 is 0. The second-order valence-corrected chi connectivity index (χ2v) is 4.93. The first-order valence-electron chi connectivity index (χ1n) is 7.09. The molecule has 0 aromatic rings. The van der Waals surface area contributed by atoms with Gasteiger partial charge in [-0.3, -0.25) is 4.79 Å². The summed E-state index contributed by atoms with van der Waals surface area (Å²) in [7, 11) is 0. The lowest BCUT2D eigenvalue weighted by Gasteiger charge is -2.23. The summed E-state index contributed by atoms with van der Waals surface area (Å²) in [4.78, 5) is 13.6. The Hall–Kier alpha value is -0.530. The largest absolute Gasteiger partial charge is 0.340 e. The van der Waals surface area contributed by atoms with E-state index in [1.54, 1.807) is 0 Å². The van der Waals surface area contributed by atoms with Crippen LogP contribution >= 0.6 is 0 Å². The Morgan fingerprint density at radius 2 is 1.81 bits per heavy atom. The molecule has 0 N–H and O–H groups in total. The highest BCUT2D eigenvalue weighted by atomic mass is 16.2. The van der Waals surface area contributed by atoms with Crippen molar-refractivity contribution < 1.29 is 4.79 Å². The van der Waals surface area contributed by atoms with E-state index < -0.39 is 0 Å². The van der Waals surface area contributed by atoms with E-state index >= 15 is 0 Å². The van der Waals surface area contributed by atoms with Crippen molar-refractivity contribution in [3.05, 3.63) is 0 Å². The molecule has 1 saturated heterocycles. The van der Waals surface area contributed by atoms with Gasteiger partial charge in [-0.15, -0.1) is 0 Å². The molecule has 2 heteroatoms. The third-order valence-corrected chi connectivity index (χ3v) is 3.68. The van der Waals surface area contributed by atoms with Crippen LogP contribution in [0, 0.1) is 0 Å². The summed E-state index contributed by atoms with van der Waals surface area (Å²) in [6.45, 7) is 5.25. The van der Waals surface area contributed by atoms with Crippen molar-refractivity contribution in [1.82, 2.24) is 4.90 Å². The van der Waals surface area contributed by atoms with Crippen molar-refractivity contribution in [2.24, 2.45) is 0 Å². The van der Waals surface area contributed by atoms with Crippen molar-refractivity contribution in [2.75, 3.05) is 6.54 Å². The van der Waals surface area contributed by atoms with E-state index in [1.807, 2.05) is 0 Å². The second kappa shape index (κ2) is 7.70. The first-order valence-corrected chi connectivity index (χ1v) is 7.09. The Kier molecular flexibility index (Phi) is 6.51. The molecule has 1 aliphatic rings. The lowest BCUT2D eigenvalue weighted by molar-refractivity contribution is -0.128. The van der Waals surface area contributed by atoms with Crippen molar-refractivity contribution in [2.45, 2.75) is 77.7 Å². The Morgan fingerprint density at radius 3 is 2.50 bits per heavy atom. The molecule has 0 aromatic heterocycles. The fourth-order valence-corrected chi connectivity index (χ4v) is 2.69. The maximum absolute atomic E-state index is 11.5. The van der Waals surface area contributed by atoms with Gasteiger partial charge in [0.25, 0.3) is 0 Å². The number of amides is 1. The molecule has 1 heterocycles. The highest BCUT2D eigenvalue weighted by Crippen LogP contribution is 2.23. The molecule has 0 saturated carbocycles. The lowest BCUT2D eigenvalue weighted by atomic mass is 10.0. The lowest BCUT2D eigenvalue weighted by Crippen LogP contribution is -2.32. The van der Waals surface area contributed by atoms with Crippen LogP contribution in [0.5, 0.6) is 0 Å². The molecule has 0 spiro atoms. The van der Waals surface area contributed by atoms with E-state index in [9.17, 15) is 4.79 Å². The zero-order valence-electron chi connectivity index (χ0n) is 11.0. The summed E-state index contributed by atoms with van der Waals surface area (Å²) >= 11 is 0. The van der Waals surface area contributed by atoms with Crippen molar-refractivity contribution >= 4 is 5.91 Å². The predicted octanol–water partition coefficient (Wildman–Crippen LogP) is 3.75. The van der Waals surface area contributed by atoms with E-state index in [-0.39, 0.29) is 0 Å². The van der Waals surface area contributed by atoms with E-state index in [2.05, 4.69) is 18.7 Å². The molecule has 1 amide bonds. The maximum Gasteiger partial charge on any atom is 0.222 e. The summed E-state index contributed by atoms with van der Waals surface area (Å²) in [6.07, 6.45) is 11.2. The third kappa shape index (κ3) is 4.15. The average molecular weight is 225 g/mol. The minimum absolute atomic E-state index is 0.374.